The van der Waals surface area contributed by atoms with Crippen molar-refractivity contribution in [1.82, 2.24) is 10.3 Å². The van der Waals surface area contributed by atoms with Crippen LogP contribution in [0.1, 0.15) is 25.3 Å². The van der Waals surface area contributed by atoms with Gasteiger partial charge in [0.1, 0.15) is 6.61 Å². The smallest absolute Gasteiger partial charge is 0.161 e. The zero-order valence-corrected chi connectivity index (χ0v) is 14.3. The normalized spacial score (nSPS) is 18.8. The number of nitrogens with one attached hydrogen (secondary N) is 1. The summed E-state index contributed by atoms with van der Waals surface area (Å²) in [4.78, 5) is 7.12. The van der Waals surface area contributed by atoms with E-state index in [9.17, 15) is 0 Å². The summed E-state index contributed by atoms with van der Waals surface area (Å²) in [5.41, 5.74) is 3.49. The second kappa shape index (κ2) is 6.81. The highest BCUT2D eigenvalue weighted by Gasteiger charge is 2.25. The van der Waals surface area contributed by atoms with Gasteiger partial charge in [-0.25, -0.2) is 0 Å². The Labute approximate surface area is 143 Å². The molecule has 1 aromatic carbocycles. The molecule has 2 aliphatic rings. The average Bonchev–Trinajstić information content (AvgIpc) is 2.63. The second-order valence-corrected chi connectivity index (χ2v) is 6.74. The Kier molecular flexibility index (Phi) is 4.39. The molecule has 0 radical (unpaired) electrons. The van der Waals surface area contributed by atoms with Crippen LogP contribution in [0.25, 0.3) is 17.0 Å². The maximum atomic E-state index is 5.92. The molecule has 1 aromatic heterocycles. The molecule has 1 saturated heterocycles. The lowest BCUT2D eigenvalue weighted by atomic mass is 9.96. The van der Waals surface area contributed by atoms with E-state index in [0.29, 0.717) is 0 Å². The molecule has 4 nitrogen and oxygen atoms in total. The Morgan fingerprint density at radius 2 is 2.21 bits per heavy atom. The van der Waals surface area contributed by atoms with Crippen LogP contribution in [0.5, 0.6) is 5.75 Å². The summed E-state index contributed by atoms with van der Waals surface area (Å²) < 4.78 is 5.92. The predicted octanol–water partition coefficient (Wildman–Crippen LogP) is 3.47. The maximum absolute atomic E-state index is 5.92. The molecule has 4 heteroatoms. The number of pyridine rings is 1. The first-order valence-corrected chi connectivity index (χ1v) is 8.99. The molecule has 24 heavy (non-hydrogen) atoms. The molecule has 2 aromatic rings. The van der Waals surface area contributed by atoms with Crippen molar-refractivity contribution in [1.29, 1.82) is 0 Å². The number of rotatable bonds is 3. The molecule has 0 bridgehead atoms. The topological polar surface area (TPSA) is 37.4 Å². The SMILES string of the molecule is CC=Cc1ccc2ncc3c(c2c1)N(CC1CCNCC1)CCO3. The van der Waals surface area contributed by atoms with E-state index in [1.165, 1.54) is 29.5 Å². The van der Waals surface area contributed by atoms with Gasteiger partial charge in [-0.05, 0) is 56.5 Å². The van der Waals surface area contributed by atoms with Gasteiger partial charge >= 0.3 is 0 Å². The molecular weight excluding hydrogens is 298 g/mol. The number of aromatic nitrogens is 1. The van der Waals surface area contributed by atoms with Gasteiger partial charge in [0.15, 0.2) is 5.75 Å². The molecule has 0 amide bonds. The third kappa shape index (κ3) is 2.98. The van der Waals surface area contributed by atoms with E-state index in [2.05, 4.69) is 52.5 Å². The molecule has 1 fully saturated rings. The predicted molar refractivity (Wildman–Crippen MR) is 99.8 cm³/mol. The molecule has 1 N–H and O–H groups in total. The van der Waals surface area contributed by atoms with E-state index >= 15 is 0 Å². The van der Waals surface area contributed by atoms with Crippen molar-refractivity contribution in [2.45, 2.75) is 19.8 Å². The molecule has 0 spiro atoms. The molecule has 0 saturated carbocycles. The van der Waals surface area contributed by atoms with E-state index in [0.717, 1.165) is 50.0 Å². The summed E-state index contributed by atoms with van der Waals surface area (Å²) in [6.45, 7) is 7.17. The molecule has 126 valence electrons. The Bertz CT molecular complexity index is 750. The molecule has 0 unspecified atom stereocenters. The van der Waals surface area contributed by atoms with Crippen molar-refractivity contribution < 1.29 is 4.74 Å². The summed E-state index contributed by atoms with van der Waals surface area (Å²) in [7, 11) is 0. The monoisotopic (exact) mass is 323 g/mol. The second-order valence-electron chi connectivity index (χ2n) is 6.74. The third-order valence-electron chi connectivity index (χ3n) is 5.06. The first-order valence-electron chi connectivity index (χ1n) is 8.99. The van der Waals surface area contributed by atoms with Crippen molar-refractivity contribution in [3.8, 4) is 5.75 Å². The van der Waals surface area contributed by atoms with Crippen LogP contribution in [0, 0.1) is 5.92 Å². The minimum atomic E-state index is 0.750. The highest BCUT2D eigenvalue weighted by Crippen LogP contribution is 2.38. The van der Waals surface area contributed by atoms with Crippen LogP contribution in [-0.2, 0) is 0 Å². The summed E-state index contributed by atoms with van der Waals surface area (Å²) in [5, 5.41) is 4.67. The molecule has 4 rings (SSSR count). The molecule has 0 aliphatic carbocycles. The molecule has 0 atom stereocenters. The number of hydrogen-bond acceptors (Lipinski definition) is 4. The van der Waals surface area contributed by atoms with Gasteiger partial charge in [0, 0.05) is 11.9 Å². The number of hydrogen-bond donors (Lipinski definition) is 1. The zero-order chi connectivity index (χ0) is 16.4. The van der Waals surface area contributed by atoms with E-state index in [-0.39, 0.29) is 0 Å². The number of nitrogens with zero attached hydrogens (tertiary/aromatic N) is 2. The Hall–Kier alpha value is -2.07. The minimum absolute atomic E-state index is 0.750. The van der Waals surface area contributed by atoms with Gasteiger partial charge in [-0.2, -0.15) is 0 Å². The van der Waals surface area contributed by atoms with Crippen molar-refractivity contribution in [3.05, 3.63) is 36.0 Å². The molecule has 3 heterocycles. The Balaban J connectivity index is 1.74. The highest BCUT2D eigenvalue weighted by molar-refractivity contribution is 5.96. The van der Waals surface area contributed by atoms with Crippen molar-refractivity contribution in [3.63, 3.8) is 0 Å². The summed E-state index contributed by atoms with van der Waals surface area (Å²) in [5.74, 6) is 1.69. The summed E-state index contributed by atoms with van der Waals surface area (Å²) >= 11 is 0. The van der Waals surface area contributed by atoms with E-state index < -0.39 is 0 Å². The summed E-state index contributed by atoms with van der Waals surface area (Å²) in [6, 6.07) is 6.48. The van der Waals surface area contributed by atoms with Crippen molar-refractivity contribution in [2.24, 2.45) is 5.92 Å². The largest absolute Gasteiger partial charge is 0.488 e. The lowest BCUT2D eigenvalue weighted by Gasteiger charge is -2.36. The number of anilines is 1. The standard InChI is InChI=1S/C20H25N3O/c1-2-3-15-4-5-18-17(12-15)20-19(13-22-18)24-11-10-23(20)14-16-6-8-21-9-7-16/h2-5,12-13,16,21H,6-11,14H2,1H3. The van der Waals surface area contributed by atoms with Crippen LogP contribution in [0.2, 0.25) is 0 Å². The molecular formula is C20H25N3O. The Morgan fingerprint density at radius 1 is 1.33 bits per heavy atom. The first-order chi connectivity index (χ1) is 11.8. The van der Waals surface area contributed by atoms with E-state index in [4.69, 9.17) is 4.74 Å². The van der Waals surface area contributed by atoms with Crippen LogP contribution in [0.15, 0.2) is 30.5 Å². The van der Waals surface area contributed by atoms with Gasteiger partial charge in [-0.15, -0.1) is 0 Å². The quantitative estimate of drug-likeness (QED) is 0.938. The number of piperidine rings is 1. The highest BCUT2D eigenvalue weighted by atomic mass is 16.5. The van der Waals surface area contributed by atoms with Crippen LogP contribution >= 0.6 is 0 Å². The Morgan fingerprint density at radius 3 is 3.04 bits per heavy atom. The lowest BCUT2D eigenvalue weighted by Crippen LogP contribution is -2.40. The van der Waals surface area contributed by atoms with Gasteiger partial charge in [-0.1, -0.05) is 18.2 Å². The fourth-order valence-corrected chi connectivity index (χ4v) is 3.84. The fourth-order valence-electron chi connectivity index (χ4n) is 3.84. The average molecular weight is 323 g/mol. The van der Waals surface area contributed by atoms with Gasteiger partial charge in [0.05, 0.1) is 23.9 Å². The van der Waals surface area contributed by atoms with Crippen LogP contribution < -0.4 is 15.0 Å². The number of allylic oxidation sites excluding steroid dienone is 1. The minimum Gasteiger partial charge on any atom is -0.488 e. The van der Waals surface area contributed by atoms with Gasteiger partial charge < -0.3 is 15.0 Å². The summed E-state index contributed by atoms with van der Waals surface area (Å²) in [6.07, 6.45) is 8.63. The third-order valence-corrected chi connectivity index (χ3v) is 5.06. The van der Waals surface area contributed by atoms with Crippen LogP contribution in [0.4, 0.5) is 5.69 Å². The first kappa shape index (κ1) is 15.5. The number of ether oxygens (including phenoxy) is 1. The fraction of sp³-hybridized carbons (Fsp3) is 0.450. The van der Waals surface area contributed by atoms with Crippen molar-refractivity contribution in [2.75, 3.05) is 37.7 Å². The maximum Gasteiger partial charge on any atom is 0.161 e. The number of fused-ring (bicyclic) bond motifs is 3. The van der Waals surface area contributed by atoms with E-state index in [1.807, 2.05) is 6.20 Å². The van der Waals surface area contributed by atoms with E-state index in [1.54, 1.807) is 0 Å². The van der Waals surface area contributed by atoms with Gasteiger partial charge in [-0.3, -0.25) is 4.98 Å². The molecule has 2 aliphatic heterocycles. The number of benzene rings is 1. The van der Waals surface area contributed by atoms with Gasteiger partial charge in [0.2, 0.25) is 0 Å². The van der Waals surface area contributed by atoms with Gasteiger partial charge in [0.25, 0.3) is 0 Å². The van der Waals surface area contributed by atoms with Crippen LogP contribution in [0.3, 0.4) is 0 Å². The van der Waals surface area contributed by atoms with Crippen molar-refractivity contribution >= 4 is 22.7 Å². The lowest BCUT2D eigenvalue weighted by molar-refractivity contribution is 0.295. The van der Waals surface area contributed by atoms with Crippen LogP contribution in [-0.4, -0.2) is 37.8 Å². The zero-order valence-electron chi connectivity index (χ0n) is 14.3.